The minimum atomic E-state index is -4.67. The zero-order valence-electron chi connectivity index (χ0n) is 13.2. The van der Waals surface area contributed by atoms with E-state index in [1.54, 1.807) is 0 Å². The fourth-order valence-electron chi connectivity index (χ4n) is 2.97. The second-order valence-corrected chi connectivity index (χ2v) is 5.74. The number of rotatable bonds is 3. The third-order valence-corrected chi connectivity index (χ3v) is 4.16. The number of methoxy groups -OCH3 is 1. The molecule has 132 valence electrons. The van der Waals surface area contributed by atoms with E-state index in [0.717, 1.165) is 37.6 Å². The summed E-state index contributed by atoms with van der Waals surface area (Å²) < 4.78 is 43.8. The van der Waals surface area contributed by atoms with E-state index < -0.39 is 41.3 Å². The number of nitrogens with zero attached hydrogens (tertiary/aromatic N) is 1. The van der Waals surface area contributed by atoms with Crippen molar-refractivity contribution >= 4 is 11.9 Å². The Morgan fingerprint density at radius 2 is 1.96 bits per heavy atom. The molecule has 1 aliphatic rings. The SMILES string of the molecule is COC(=O)[C@@H]1CCCCC[C@H]1NC(=O)c1ncccc1C(F)(F)F. The van der Waals surface area contributed by atoms with Gasteiger partial charge in [-0.2, -0.15) is 13.2 Å². The second-order valence-electron chi connectivity index (χ2n) is 5.74. The average molecular weight is 344 g/mol. The highest BCUT2D eigenvalue weighted by Crippen LogP contribution is 2.31. The standard InChI is InChI=1S/C16H19F3N2O3/c1-24-15(23)10-6-3-2-4-8-12(10)21-14(22)13-11(16(17,18)19)7-5-9-20-13/h5,7,9-10,12H,2-4,6,8H2,1H3,(H,21,22)/t10-,12-/m1/s1. The summed E-state index contributed by atoms with van der Waals surface area (Å²) in [6, 6.07) is 1.38. The maximum absolute atomic E-state index is 13.0. The summed E-state index contributed by atoms with van der Waals surface area (Å²) in [6.07, 6.45) is 0.000393. The summed E-state index contributed by atoms with van der Waals surface area (Å²) in [4.78, 5) is 27.8. The van der Waals surface area contributed by atoms with Crippen LogP contribution in [0.3, 0.4) is 0 Å². The molecule has 0 bridgehead atoms. The zero-order valence-corrected chi connectivity index (χ0v) is 13.2. The van der Waals surface area contributed by atoms with Crippen LogP contribution in [0, 0.1) is 5.92 Å². The quantitative estimate of drug-likeness (QED) is 0.676. The molecule has 5 nitrogen and oxygen atoms in total. The minimum Gasteiger partial charge on any atom is -0.469 e. The third kappa shape index (κ3) is 4.24. The third-order valence-electron chi connectivity index (χ3n) is 4.16. The van der Waals surface area contributed by atoms with Gasteiger partial charge in [-0.1, -0.05) is 19.3 Å². The van der Waals surface area contributed by atoms with Crippen molar-refractivity contribution in [2.75, 3.05) is 7.11 Å². The van der Waals surface area contributed by atoms with E-state index in [4.69, 9.17) is 4.74 Å². The number of esters is 1. The maximum Gasteiger partial charge on any atom is 0.418 e. The molecule has 1 saturated carbocycles. The van der Waals surface area contributed by atoms with Crippen LogP contribution in [0.15, 0.2) is 18.3 Å². The molecule has 2 rings (SSSR count). The van der Waals surface area contributed by atoms with E-state index >= 15 is 0 Å². The first-order valence-corrected chi connectivity index (χ1v) is 7.75. The smallest absolute Gasteiger partial charge is 0.418 e. The van der Waals surface area contributed by atoms with Gasteiger partial charge in [0, 0.05) is 12.2 Å². The van der Waals surface area contributed by atoms with Crippen LogP contribution in [0.25, 0.3) is 0 Å². The Kier molecular flexibility index (Phi) is 5.80. The molecule has 1 aliphatic carbocycles. The summed E-state index contributed by atoms with van der Waals surface area (Å²) in [5.41, 5.74) is -1.77. The number of hydrogen-bond donors (Lipinski definition) is 1. The number of ether oxygens (including phenoxy) is 1. The zero-order chi connectivity index (χ0) is 17.7. The summed E-state index contributed by atoms with van der Waals surface area (Å²) in [7, 11) is 1.26. The van der Waals surface area contributed by atoms with Crippen LogP contribution >= 0.6 is 0 Å². The van der Waals surface area contributed by atoms with E-state index in [1.165, 1.54) is 7.11 Å². The summed E-state index contributed by atoms with van der Waals surface area (Å²) in [5.74, 6) is -1.94. The van der Waals surface area contributed by atoms with E-state index in [0.29, 0.717) is 12.8 Å². The molecule has 0 radical (unpaired) electrons. The number of hydrogen-bond acceptors (Lipinski definition) is 4. The Labute approximate surface area is 137 Å². The van der Waals surface area contributed by atoms with Crippen LogP contribution < -0.4 is 5.32 Å². The van der Waals surface area contributed by atoms with Gasteiger partial charge in [-0.05, 0) is 25.0 Å². The van der Waals surface area contributed by atoms with Crippen molar-refractivity contribution in [3.63, 3.8) is 0 Å². The van der Waals surface area contributed by atoms with Gasteiger partial charge >= 0.3 is 12.1 Å². The van der Waals surface area contributed by atoms with Crippen molar-refractivity contribution in [1.29, 1.82) is 0 Å². The molecule has 2 atom stereocenters. The van der Waals surface area contributed by atoms with Crippen molar-refractivity contribution < 1.29 is 27.5 Å². The number of halogens is 3. The molecule has 1 fully saturated rings. The summed E-state index contributed by atoms with van der Waals surface area (Å²) in [5, 5.41) is 2.55. The van der Waals surface area contributed by atoms with E-state index in [-0.39, 0.29) is 0 Å². The Hall–Kier alpha value is -2.12. The molecule has 0 spiro atoms. The minimum absolute atomic E-state index is 0.459. The lowest BCUT2D eigenvalue weighted by Gasteiger charge is -2.24. The van der Waals surface area contributed by atoms with Gasteiger partial charge in [0.1, 0.15) is 5.69 Å². The molecular formula is C16H19F3N2O3. The van der Waals surface area contributed by atoms with Gasteiger partial charge in [0.2, 0.25) is 0 Å². The molecule has 0 saturated heterocycles. The van der Waals surface area contributed by atoms with E-state index in [2.05, 4.69) is 10.3 Å². The second kappa shape index (κ2) is 7.63. The molecule has 1 amide bonds. The van der Waals surface area contributed by atoms with Crippen LogP contribution in [-0.2, 0) is 15.7 Å². The fraction of sp³-hybridized carbons (Fsp3) is 0.562. The van der Waals surface area contributed by atoms with Gasteiger partial charge in [0.05, 0.1) is 18.6 Å². The maximum atomic E-state index is 13.0. The van der Waals surface area contributed by atoms with Crippen LogP contribution in [-0.4, -0.2) is 30.0 Å². The number of carbonyl (C=O) groups excluding carboxylic acids is 2. The molecule has 1 aromatic heterocycles. The number of alkyl halides is 3. The van der Waals surface area contributed by atoms with Crippen molar-refractivity contribution in [3.05, 3.63) is 29.6 Å². The van der Waals surface area contributed by atoms with Crippen LogP contribution in [0.1, 0.15) is 48.2 Å². The number of amides is 1. The Balaban J connectivity index is 2.23. The lowest BCUT2D eigenvalue weighted by Crippen LogP contribution is -2.44. The van der Waals surface area contributed by atoms with Gasteiger partial charge in [0.15, 0.2) is 0 Å². The molecule has 8 heteroatoms. The number of pyridine rings is 1. The molecule has 0 aliphatic heterocycles. The highest BCUT2D eigenvalue weighted by Gasteiger charge is 2.37. The van der Waals surface area contributed by atoms with Gasteiger partial charge in [-0.3, -0.25) is 14.6 Å². The Morgan fingerprint density at radius 3 is 2.62 bits per heavy atom. The first-order valence-electron chi connectivity index (χ1n) is 7.75. The lowest BCUT2D eigenvalue weighted by molar-refractivity contribution is -0.146. The summed E-state index contributed by atoms with van der Waals surface area (Å²) in [6.45, 7) is 0. The molecule has 24 heavy (non-hydrogen) atoms. The van der Waals surface area contributed by atoms with E-state index in [9.17, 15) is 22.8 Å². The van der Waals surface area contributed by atoms with Crippen molar-refractivity contribution in [3.8, 4) is 0 Å². The van der Waals surface area contributed by atoms with Crippen molar-refractivity contribution in [1.82, 2.24) is 10.3 Å². The van der Waals surface area contributed by atoms with Gasteiger partial charge < -0.3 is 10.1 Å². The molecular weight excluding hydrogens is 325 g/mol. The first-order chi connectivity index (χ1) is 11.3. The van der Waals surface area contributed by atoms with Gasteiger partial charge in [0.25, 0.3) is 5.91 Å². The van der Waals surface area contributed by atoms with Crippen LogP contribution in [0.2, 0.25) is 0 Å². The van der Waals surface area contributed by atoms with Crippen LogP contribution in [0.5, 0.6) is 0 Å². The van der Waals surface area contributed by atoms with Gasteiger partial charge in [-0.15, -0.1) is 0 Å². The van der Waals surface area contributed by atoms with Gasteiger partial charge in [-0.25, -0.2) is 0 Å². The normalized spacial score (nSPS) is 21.7. The number of nitrogens with one attached hydrogen (secondary N) is 1. The number of aromatic nitrogens is 1. The predicted molar refractivity (Wildman–Crippen MR) is 79.1 cm³/mol. The fourth-order valence-corrected chi connectivity index (χ4v) is 2.97. The molecule has 1 aromatic rings. The molecule has 0 aromatic carbocycles. The van der Waals surface area contributed by atoms with Crippen molar-refractivity contribution in [2.45, 2.75) is 44.3 Å². The largest absolute Gasteiger partial charge is 0.469 e. The van der Waals surface area contributed by atoms with E-state index in [1.807, 2.05) is 0 Å². The first kappa shape index (κ1) is 18.2. The average Bonchev–Trinajstić information content (AvgIpc) is 2.78. The molecule has 1 heterocycles. The summed E-state index contributed by atoms with van der Waals surface area (Å²) >= 11 is 0. The highest BCUT2D eigenvalue weighted by molar-refractivity contribution is 5.94. The molecule has 0 unspecified atom stereocenters. The predicted octanol–water partition coefficient (Wildman–Crippen LogP) is 2.95. The Morgan fingerprint density at radius 1 is 1.25 bits per heavy atom. The lowest BCUT2D eigenvalue weighted by atomic mass is 9.94. The Bertz CT molecular complexity index is 604. The molecule has 1 N–H and O–H groups in total. The highest BCUT2D eigenvalue weighted by atomic mass is 19.4. The topological polar surface area (TPSA) is 68.3 Å². The van der Waals surface area contributed by atoms with Crippen LogP contribution in [0.4, 0.5) is 13.2 Å². The van der Waals surface area contributed by atoms with Crippen molar-refractivity contribution in [2.24, 2.45) is 5.92 Å². The number of carbonyl (C=O) groups is 2. The monoisotopic (exact) mass is 344 g/mol.